The van der Waals surface area contributed by atoms with E-state index in [4.69, 9.17) is 21.6 Å². The zero-order valence-electron chi connectivity index (χ0n) is 13.4. The van der Waals surface area contributed by atoms with Crippen LogP contribution < -0.4 is 15.0 Å². The van der Waals surface area contributed by atoms with Gasteiger partial charge in [0.1, 0.15) is 25.0 Å². The highest BCUT2D eigenvalue weighted by Crippen LogP contribution is 2.19. The van der Waals surface area contributed by atoms with Crippen LogP contribution in [0.4, 0.5) is 5.69 Å². The average molecular weight is 345 g/mol. The number of hydrogen-bond acceptors (Lipinski definition) is 3. The largest absolute Gasteiger partial charge is 0.488 e. The molecule has 0 aliphatic heterocycles. The third-order valence-electron chi connectivity index (χ3n) is 3.38. The third-order valence-corrected chi connectivity index (χ3v) is 3.69. The number of quaternary nitrogens is 1. The van der Waals surface area contributed by atoms with Crippen LogP contribution >= 0.6 is 11.6 Å². The molecule has 0 spiro atoms. The van der Waals surface area contributed by atoms with Crippen molar-refractivity contribution >= 4 is 23.2 Å². The number of anilines is 1. The van der Waals surface area contributed by atoms with Crippen LogP contribution in [0.15, 0.2) is 48.5 Å². The Labute approximate surface area is 146 Å². The van der Waals surface area contributed by atoms with Crippen LogP contribution in [0.1, 0.15) is 5.56 Å². The van der Waals surface area contributed by atoms with Crippen molar-refractivity contribution in [2.75, 3.05) is 32.1 Å². The van der Waals surface area contributed by atoms with E-state index in [1.54, 1.807) is 18.2 Å². The number of carbonyl (C=O) groups is 1. The van der Waals surface area contributed by atoms with Crippen LogP contribution in [0.5, 0.6) is 5.75 Å². The van der Waals surface area contributed by atoms with Gasteiger partial charge < -0.3 is 15.0 Å². The Morgan fingerprint density at radius 2 is 2.04 bits per heavy atom. The SMILES string of the molecule is C[NH+](CCOc1ccccc1)CC(=O)Nc1ccc(C#N)c(Cl)c1. The van der Waals surface area contributed by atoms with E-state index in [2.05, 4.69) is 5.32 Å². The molecular weight excluding hydrogens is 326 g/mol. The molecule has 1 amide bonds. The maximum Gasteiger partial charge on any atom is 0.279 e. The molecule has 2 N–H and O–H groups in total. The Hall–Kier alpha value is -2.55. The number of para-hydroxylation sites is 1. The number of likely N-dealkylation sites (N-methyl/N-ethyl adjacent to an activating group) is 1. The summed E-state index contributed by atoms with van der Waals surface area (Å²) in [5, 5.41) is 11.9. The lowest BCUT2D eigenvalue weighted by Crippen LogP contribution is -3.10. The summed E-state index contributed by atoms with van der Waals surface area (Å²) in [6.07, 6.45) is 0. The number of benzene rings is 2. The Morgan fingerprint density at radius 1 is 1.29 bits per heavy atom. The molecule has 0 fully saturated rings. The first-order valence-corrected chi connectivity index (χ1v) is 7.95. The lowest BCUT2D eigenvalue weighted by molar-refractivity contribution is -0.871. The van der Waals surface area contributed by atoms with Crippen molar-refractivity contribution in [2.24, 2.45) is 0 Å². The van der Waals surface area contributed by atoms with E-state index in [9.17, 15) is 4.79 Å². The predicted molar refractivity (Wildman–Crippen MR) is 93.4 cm³/mol. The smallest absolute Gasteiger partial charge is 0.279 e. The van der Waals surface area contributed by atoms with Gasteiger partial charge in [-0.25, -0.2) is 0 Å². The highest BCUT2D eigenvalue weighted by Gasteiger charge is 2.11. The van der Waals surface area contributed by atoms with Crippen molar-refractivity contribution in [3.8, 4) is 11.8 Å². The van der Waals surface area contributed by atoms with Crippen molar-refractivity contribution in [2.45, 2.75) is 0 Å². The summed E-state index contributed by atoms with van der Waals surface area (Å²) in [7, 11) is 1.93. The summed E-state index contributed by atoms with van der Waals surface area (Å²) >= 11 is 5.95. The molecule has 0 aliphatic carbocycles. The molecule has 0 aliphatic rings. The molecule has 2 aromatic rings. The number of rotatable bonds is 7. The molecule has 0 bridgehead atoms. The molecule has 5 nitrogen and oxygen atoms in total. The number of hydrogen-bond donors (Lipinski definition) is 2. The Balaban J connectivity index is 1.75. The van der Waals surface area contributed by atoms with Gasteiger partial charge in [-0.15, -0.1) is 0 Å². The van der Waals surface area contributed by atoms with Crippen LogP contribution in [-0.2, 0) is 4.79 Å². The van der Waals surface area contributed by atoms with Gasteiger partial charge in [0.25, 0.3) is 5.91 Å². The van der Waals surface area contributed by atoms with Gasteiger partial charge in [0, 0.05) is 5.69 Å². The normalized spacial score (nSPS) is 11.4. The fraction of sp³-hybridized carbons (Fsp3) is 0.222. The van der Waals surface area contributed by atoms with Crippen LogP contribution in [0, 0.1) is 11.3 Å². The number of carbonyl (C=O) groups excluding carboxylic acids is 1. The number of amides is 1. The molecule has 124 valence electrons. The predicted octanol–water partition coefficient (Wildman–Crippen LogP) is 1.74. The topological polar surface area (TPSA) is 66.6 Å². The first-order chi connectivity index (χ1) is 11.6. The minimum absolute atomic E-state index is 0.118. The zero-order chi connectivity index (χ0) is 17.4. The molecule has 0 saturated carbocycles. The van der Waals surface area contributed by atoms with E-state index in [1.165, 1.54) is 0 Å². The molecule has 2 aromatic carbocycles. The minimum atomic E-state index is -0.118. The van der Waals surface area contributed by atoms with Gasteiger partial charge in [-0.1, -0.05) is 29.8 Å². The average Bonchev–Trinajstić information content (AvgIpc) is 2.56. The number of halogens is 1. The van der Waals surface area contributed by atoms with E-state index in [-0.39, 0.29) is 5.91 Å². The first kappa shape index (κ1) is 17.8. The van der Waals surface area contributed by atoms with Crippen molar-refractivity contribution in [3.05, 3.63) is 59.1 Å². The molecule has 6 heteroatoms. The van der Waals surface area contributed by atoms with Gasteiger partial charge in [0.15, 0.2) is 6.54 Å². The summed E-state index contributed by atoms with van der Waals surface area (Å²) in [4.78, 5) is 13.1. The highest BCUT2D eigenvalue weighted by molar-refractivity contribution is 6.32. The number of nitriles is 1. The highest BCUT2D eigenvalue weighted by atomic mass is 35.5. The Morgan fingerprint density at radius 3 is 2.71 bits per heavy atom. The summed E-state index contributed by atoms with van der Waals surface area (Å²) in [5.41, 5.74) is 0.966. The zero-order valence-corrected chi connectivity index (χ0v) is 14.1. The summed E-state index contributed by atoms with van der Waals surface area (Å²) < 4.78 is 5.62. The van der Waals surface area contributed by atoms with Gasteiger partial charge in [-0.05, 0) is 30.3 Å². The van der Waals surface area contributed by atoms with Crippen LogP contribution in [0.2, 0.25) is 5.02 Å². The van der Waals surface area contributed by atoms with E-state index in [0.29, 0.717) is 36.0 Å². The fourth-order valence-electron chi connectivity index (χ4n) is 2.11. The van der Waals surface area contributed by atoms with Gasteiger partial charge >= 0.3 is 0 Å². The van der Waals surface area contributed by atoms with E-state index in [0.717, 1.165) is 10.6 Å². The lowest BCUT2D eigenvalue weighted by atomic mass is 10.2. The Kier molecular flexibility index (Phi) is 6.62. The van der Waals surface area contributed by atoms with Crippen LogP contribution in [0.25, 0.3) is 0 Å². The lowest BCUT2D eigenvalue weighted by Gasteiger charge is -2.14. The number of nitrogens with one attached hydrogen (secondary N) is 2. The standard InChI is InChI=1S/C18H18ClN3O2/c1-22(9-10-24-16-5-3-2-4-6-16)13-18(23)21-15-8-7-14(12-20)17(19)11-15/h2-8,11H,9-10,13H2,1H3,(H,21,23)/p+1. The molecule has 0 aromatic heterocycles. The second-order valence-corrected chi connectivity index (χ2v) is 5.81. The van der Waals surface area contributed by atoms with Gasteiger partial charge in [0.05, 0.1) is 17.6 Å². The maximum atomic E-state index is 12.0. The van der Waals surface area contributed by atoms with E-state index >= 15 is 0 Å². The molecule has 24 heavy (non-hydrogen) atoms. The van der Waals surface area contributed by atoms with Crippen molar-refractivity contribution in [3.63, 3.8) is 0 Å². The van der Waals surface area contributed by atoms with E-state index in [1.807, 2.05) is 43.4 Å². The second-order valence-electron chi connectivity index (χ2n) is 5.40. The monoisotopic (exact) mass is 344 g/mol. The second kappa shape index (κ2) is 8.92. The summed E-state index contributed by atoms with van der Waals surface area (Å²) in [6.45, 7) is 1.55. The summed E-state index contributed by atoms with van der Waals surface area (Å²) in [5.74, 6) is 0.704. The molecular formula is C18H19ClN3O2+. The van der Waals surface area contributed by atoms with Gasteiger partial charge in [-0.3, -0.25) is 4.79 Å². The molecule has 0 radical (unpaired) electrons. The molecule has 1 atom stereocenters. The minimum Gasteiger partial charge on any atom is -0.488 e. The number of ether oxygens (including phenoxy) is 1. The quantitative estimate of drug-likeness (QED) is 0.804. The molecule has 2 rings (SSSR count). The molecule has 0 heterocycles. The van der Waals surface area contributed by atoms with Crippen LogP contribution in [-0.4, -0.2) is 32.7 Å². The van der Waals surface area contributed by atoms with Crippen molar-refractivity contribution in [1.29, 1.82) is 5.26 Å². The number of nitrogens with zero attached hydrogens (tertiary/aromatic N) is 1. The molecule has 0 saturated heterocycles. The first-order valence-electron chi connectivity index (χ1n) is 7.57. The Bertz CT molecular complexity index is 729. The summed E-state index contributed by atoms with van der Waals surface area (Å²) in [6, 6.07) is 16.4. The maximum absolute atomic E-state index is 12.0. The van der Waals surface area contributed by atoms with Gasteiger partial charge in [-0.2, -0.15) is 5.26 Å². The third kappa shape index (κ3) is 5.58. The van der Waals surface area contributed by atoms with Gasteiger partial charge in [0.2, 0.25) is 0 Å². The fourth-order valence-corrected chi connectivity index (χ4v) is 2.33. The van der Waals surface area contributed by atoms with E-state index < -0.39 is 0 Å². The molecule has 1 unspecified atom stereocenters. The van der Waals surface area contributed by atoms with Crippen molar-refractivity contribution < 1.29 is 14.4 Å². The van der Waals surface area contributed by atoms with Crippen LogP contribution in [0.3, 0.4) is 0 Å². The van der Waals surface area contributed by atoms with Crippen molar-refractivity contribution in [1.82, 2.24) is 0 Å².